The van der Waals surface area contributed by atoms with Crippen molar-refractivity contribution in [3.8, 4) is 0 Å². The van der Waals surface area contributed by atoms with Crippen LogP contribution in [0.1, 0.15) is 35.2 Å². The first-order chi connectivity index (χ1) is 17.3. The molecule has 1 N–H and O–H groups in total. The standard InChI is InChI=1S/C28H37N5O3/c1-30(2)18-21-7-6-8-23(15-21)28(36)29-17-22-16-26(34)33(19-22)25-11-9-24(10-12-25)31(3)27(35)20-32-13-4-5-14-32/h6-12,15,22H,4-5,13-14,16-20H2,1-3H3,(H,29,36). The number of hydrogen-bond donors (Lipinski definition) is 1. The summed E-state index contributed by atoms with van der Waals surface area (Å²) >= 11 is 0. The Morgan fingerprint density at radius 3 is 2.44 bits per heavy atom. The molecule has 4 rings (SSSR count). The van der Waals surface area contributed by atoms with Crippen LogP contribution in [0.25, 0.3) is 0 Å². The third-order valence-corrected chi connectivity index (χ3v) is 6.92. The van der Waals surface area contributed by atoms with Crippen LogP contribution in [-0.2, 0) is 16.1 Å². The van der Waals surface area contributed by atoms with E-state index in [0.29, 0.717) is 31.6 Å². The van der Waals surface area contributed by atoms with Gasteiger partial charge in [0.05, 0.1) is 6.54 Å². The van der Waals surface area contributed by atoms with E-state index >= 15 is 0 Å². The molecule has 2 heterocycles. The van der Waals surface area contributed by atoms with Gasteiger partial charge in [0.2, 0.25) is 11.8 Å². The largest absolute Gasteiger partial charge is 0.352 e. The molecular formula is C28H37N5O3. The Labute approximate surface area is 213 Å². The third-order valence-electron chi connectivity index (χ3n) is 6.92. The van der Waals surface area contributed by atoms with E-state index in [1.807, 2.05) is 62.6 Å². The van der Waals surface area contributed by atoms with Crippen molar-refractivity contribution in [3.63, 3.8) is 0 Å². The van der Waals surface area contributed by atoms with Crippen LogP contribution in [-0.4, -0.2) is 81.4 Å². The van der Waals surface area contributed by atoms with Gasteiger partial charge in [-0.25, -0.2) is 0 Å². The fraction of sp³-hybridized carbons (Fsp3) is 0.464. The molecule has 192 valence electrons. The molecule has 8 nitrogen and oxygen atoms in total. The summed E-state index contributed by atoms with van der Waals surface area (Å²) in [5, 5.41) is 3.00. The highest BCUT2D eigenvalue weighted by Gasteiger charge is 2.31. The van der Waals surface area contributed by atoms with E-state index < -0.39 is 0 Å². The molecular weight excluding hydrogens is 454 g/mol. The lowest BCUT2D eigenvalue weighted by Crippen LogP contribution is -2.37. The van der Waals surface area contributed by atoms with E-state index in [1.165, 1.54) is 0 Å². The number of likely N-dealkylation sites (tertiary alicyclic amines) is 1. The summed E-state index contributed by atoms with van der Waals surface area (Å²) in [7, 11) is 5.79. The molecule has 0 saturated carbocycles. The number of likely N-dealkylation sites (N-methyl/N-ethyl adjacent to an activating group) is 1. The molecule has 1 unspecified atom stereocenters. The van der Waals surface area contributed by atoms with Gasteiger partial charge in [-0.1, -0.05) is 12.1 Å². The van der Waals surface area contributed by atoms with Gasteiger partial charge in [-0.15, -0.1) is 0 Å². The van der Waals surface area contributed by atoms with E-state index in [-0.39, 0.29) is 23.6 Å². The summed E-state index contributed by atoms with van der Waals surface area (Å²) < 4.78 is 0. The van der Waals surface area contributed by atoms with Gasteiger partial charge in [0.25, 0.3) is 5.91 Å². The molecule has 2 aromatic rings. The number of amides is 3. The minimum Gasteiger partial charge on any atom is -0.352 e. The number of carbonyl (C=O) groups is 3. The van der Waals surface area contributed by atoms with Gasteiger partial charge in [0, 0.05) is 56.0 Å². The molecule has 2 aliphatic rings. The lowest BCUT2D eigenvalue weighted by Gasteiger charge is -2.22. The van der Waals surface area contributed by atoms with Gasteiger partial charge < -0.3 is 20.0 Å². The Kier molecular flexibility index (Phi) is 8.38. The van der Waals surface area contributed by atoms with Crippen molar-refractivity contribution in [1.82, 2.24) is 15.1 Å². The molecule has 2 aliphatic heterocycles. The van der Waals surface area contributed by atoms with Crippen LogP contribution in [0.2, 0.25) is 0 Å². The summed E-state index contributed by atoms with van der Waals surface area (Å²) in [6.07, 6.45) is 2.71. The molecule has 3 amide bonds. The van der Waals surface area contributed by atoms with E-state index in [4.69, 9.17) is 0 Å². The maximum Gasteiger partial charge on any atom is 0.251 e. The fourth-order valence-corrected chi connectivity index (χ4v) is 4.92. The number of benzene rings is 2. The number of hydrogen-bond acceptors (Lipinski definition) is 5. The van der Waals surface area contributed by atoms with Crippen LogP contribution in [0.5, 0.6) is 0 Å². The summed E-state index contributed by atoms with van der Waals surface area (Å²) in [6, 6.07) is 15.2. The Hall–Kier alpha value is -3.23. The summed E-state index contributed by atoms with van der Waals surface area (Å²) in [6.45, 7) is 4.19. The topological polar surface area (TPSA) is 76.2 Å². The average Bonchev–Trinajstić information content (AvgIpc) is 3.51. The van der Waals surface area contributed by atoms with Crippen molar-refractivity contribution in [2.45, 2.75) is 25.8 Å². The van der Waals surface area contributed by atoms with Crippen molar-refractivity contribution in [1.29, 1.82) is 0 Å². The second-order valence-corrected chi connectivity index (χ2v) is 10.2. The van der Waals surface area contributed by atoms with E-state index in [9.17, 15) is 14.4 Å². The number of carbonyl (C=O) groups excluding carboxylic acids is 3. The minimum absolute atomic E-state index is 0.0495. The zero-order chi connectivity index (χ0) is 25.7. The lowest BCUT2D eigenvalue weighted by atomic mass is 10.1. The Balaban J connectivity index is 1.29. The van der Waals surface area contributed by atoms with E-state index in [0.717, 1.165) is 49.4 Å². The number of rotatable bonds is 9. The zero-order valence-corrected chi connectivity index (χ0v) is 21.6. The highest BCUT2D eigenvalue weighted by atomic mass is 16.2. The molecule has 0 bridgehead atoms. The van der Waals surface area contributed by atoms with E-state index in [1.54, 1.807) is 16.8 Å². The molecule has 0 aliphatic carbocycles. The van der Waals surface area contributed by atoms with Crippen molar-refractivity contribution >= 4 is 29.1 Å². The number of anilines is 2. The van der Waals surface area contributed by atoms with E-state index in [2.05, 4.69) is 15.1 Å². The van der Waals surface area contributed by atoms with Crippen LogP contribution >= 0.6 is 0 Å². The highest BCUT2D eigenvalue weighted by molar-refractivity contribution is 5.98. The predicted molar refractivity (Wildman–Crippen MR) is 142 cm³/mol. The second kappa shape index (κ2) is 11.7. The van der Waals surface area contributed by atoms with Crippen molar-refractivity contribution in [3.05, 3.63) is 59.7 Å². The average molecular weight is 492 g/mol. The molecule has 1 atom stereocenters. The zero-order valence-electron chi connectivity index (χ0n) is 21.6. The van der Waals surface area contributed by atoms with Crippen LogP contribution in [0, 0.1) is 5.92 Å². The predicted octanol–water partition coefficient (Wildman–Crippen LogP) is 2.59. The van der Waals surface area contributed by atoms with Crippen LogP contribution in [0.4, 0.5) is 11.4 Å². The molecule has 8 heteroatoms. The van der Waals surface area contributed by atoms with Gasteiger partial charge >= 0.3 is 0 Å². The number of nitrogens with one attached hydrogen (secondary N) is 1. The molecule has 2 fully saturated rings. The van der Waals surface area contributed by atoms with Crippen LogP contribution < -0.4 is 15.1 Å². The maximum absolute atomic E-state index is 12.7. The second-order valence-electron chi connectivity index (χ2n) is 10.2. The molecule has 36 heavy (non-hydrogen) atoms. The van der Waals surface area contributed by atoms with Gasteiger partial charge in [-0.05, 0) is 82.0 Å². The highest BCUT2D eigenvalue weighted by Crippen LogP contribution is 2.27. The quantitative estimate of drug-likeness (QED) is 0.584. The van der Waals surface area contributed by atoms with Gasteiger partial charge in [0.1, 0.15) is 0 Å². The smallest absolute Gasteiger partial charge is 0.251 e. The lowest BCUT2D eigenvalue weighted by molar-refractivity contribution is -0.119. The summed E-state index contributed by atoms with van der Waals surface area (Å²) in [5.74, 6) is 0.0571. The van der Waals surface area contributed by atoms with Crippen molar-refractivity contribution in [2.24, 2.45) is 5.92 Å². The first kappa shape index (κ1) is 25.9. The number of nitrogens with zero attached hydrogens (tertiary/aromatic N) is 4. The normalized spacial score (nSPS) is 18.2. The summed E-state index contributed by atoms with van der Waals surface area (Å²) in [5.41, 5.74) is 3.35. The fourth-order valence-electron chi connectivity index (χ4n) is 4.92. The van der Waals surface area contributed by atoms with Gasteiger partial charge in [0.15, 0.2) is 0 Å². The Morgan fingerprint density at radius 1 is 1.03 bits per heavy atom. The molecule has 2 aromatic carbocycles. The molecule has 0 aromatic heterocycles. The Morgan fingerprint density at radius 2 is 1.75 bits per heavy atom. The summed E-state index contributed by atoms with van der Waals surface area (Å²) in [4.78, 5) is 45.7. The molecule has 0 spiro atoms. The first-order valence-corrected chi connectivity index (χ1v) is 12.7. The minimum atomic E-state index is -0.118. The molecule has 0 radical (unpaired) electrons. The maximum atomic E-state index is 12.7. The monoisotopic (exact) mass is 491 g/mol. The van der Waals surface area contributed by atoms with Crippen LogP contribution in [0.3, 0.4) is 0 Å². The van der Waals surface area contributed by atoms with Gasteiger partial charge in [-0.2, -0.15) is 0 Å². The van der Waals surface area contributed by atoms with Crippen LogP contribution in [0.15, 0.2) is 48.5 Å². The Bertz CT molecular complexity index is 1080. The van der Waals surface area contributed by atoms with Gasteiger partial charge in [-0.3, -0.25) is 19.3 Å². The third kappa shape index (κ3) is 6.50. The van der Waals surface area contributed by atoms with Crippen molar-refractivity contribution < 1.29 is 14.4 Å². The SMILES string of the molecule is CN(C)Cc1cccc(C(=O)NCC2CC(=O)N(c3ccc(N(C)C(=O)CN4CCCC4)cc3)C2)c1. The first-order valence-electron chi connectivity index (χ1n) is 12.7. The van der Waals surface area contributed by atoms with Crippen molar-refractivity contribution in [2.75, 3.05) is 63.7 Å². The molecule has 2 saturated heterocycles.